The van der Waals surface area contributed by atoms with E-state index in [9.17, 15) is 9.59 Å². The molecule has 1 N–H and O–H groups in total. The zero-order chi connectivity index (χ0) is 26.5. The Kier molecular flexibility index (Phi) is 7.22. The van der Waals surface area contributed by atoms with Crippen molar-refractivity contribution in [3.05, 3.63) is 28.6 Å². The predicted octanol–water partition coefficient (Wildman–Crippen LogP) is 5.68. The smallest absolute Gasteiger partial charge is 0.410 e. The Morgan fingerprint density at radius 3 is 2.26 bits per heavy atom. The van der Waals surface area contributed by atoms with Gasteiger partial charge in [-0.1, -0.05) is 20.8 Å². The molecule has 0 bridgehead atoms. The standard InChI is InChI=1S/C25H37F2N3O4Si/c1-24(2,3)34-23(32)30(7)17(13-33-35(8,9)25(4,5)6)22-28-20-18(26)15-10-14(12-31)11-16(15)19(27)21(20)29-22/h12,14,17H,10-11,13H2,1-9H3,(H,28,29)/t17-/m1/s1. The summed E-state index contributed by atoms with van der Waals surface area (Å²) in [6, 6.07) is -0.761. The lowest BCUT2D eigenvalue weighted by molar-refractivity contribution is -0.110. The summed E-state index contributed by atoms with van der Waals surface area (Å²) in [6.07, 6.45) is 0.437. The van der Waals surface area contributed by atoms with Crippen molar-refractivity contribution >= 4 is 31.7 Å². The predicted molar refractivity (Wildman–Crippen MR) is 133 cm³/mol. The number of halogens is 2. The van der Waals surface area contributed by atoms with Gasteiger partial charge in [-0.05, 0) is 62.9 Å². The SMILES string of the molecule is CN(C(=O)OC(C)(C)C)[C@H](CO[Si](C)(C)C(C)(C)C)c1nc2c(F)c3c(c(F)c2[nH]1)CC(C=O)C3. The molecule has 0 radical (unpaired) electrons. The fraction of sp³-hybridized carbons (Fsp3) is 0.640. The summed E-state index contributed by atoms with van der Waals surface area (Å²) in [5.41, 5.74) is -0.537. The van der Waals surface area contributed by atoms with Crippen molar-refractivity contribution in [2.75, 3.05) is 13.7 Å². The van der Waals surface area contributed by atoms with Gasteiger partial charge in [-0.2, -0.15) is 0 Å². The first-order valence-electron chi connectivity index (χ1n) is 11.9. The molecule has 35 heavy (non-hydrogen) atoms. The number of ether oxygens (including phenoxy) is 1. The largest absolute Gasteiger partial charge is 0.444 e. The van der Waals surface area contributed by atoms with E-state index in [1.165, 1.54) is 4.90 Å². The molecule has 0 saturated heterocycles. The maximum absolute atomic E-state index is 15.4. The van der Waals surface area contributed by atoms with Crippen LogP contribution in [0.2, 0.25) is 18.1 Å². The van der Waals surface area contributed by atoms with E-state index in [4.69, 9.17) is 9.16 Å². The van der Waals surface area contributed by atoms with E-state index in [1.807, 2.05) is 0 Å². The van der Waals surface area contributed by atoms with Crippen LogP contribution in [0.5, 0.6) is 0 Å². The maximum atomic E-state index is 15.4. The summed E-state index contributed by atoms with van der Waals surface area (Å²) in [5, 5.41) is -0.0793. The van der Waals surface area contributed by atoms with Crippen LogP contribution in [0.15, 0.2) is 0 Å². The van der Waals surface area contributed by atoms with E-state index in [0.717, 1.165) is 6.29 Å². The second-order valence-corrected chi connectivity index (χ2v) is 16.7. The number of fused-ring (bicyclic) bond motifs is 2. The highest BCUT2D eigenvalue weighted by Gasteiger charge is 2.40. The minimum atomic E-state index is -2.22. The second-order valence-electron chi connectivity index (χ2n) is 11.9. The molecule has 1 amide bonds. The third kappa shape index (κ3) is 5.43. The number of benzene rings is 1. The minimum Gasteiger partial charge on any atom is -0.444 e. The van der Waals surface area contributed by atoms with Gasteiger partial charge in [0.1, 0.15) is 34.8 Å². The number of rotatable bonds is 6. The van der Waals surface area contributed by atoms with E-state index in [1.54, 1.807) is 27.8 Å². The quantitative estimate of drug-likeness (QED) is 0.400. The zero-order valence-electron chi connectivity index (χ0n) is 22.1. The van der Waals surface area contributed by atoms with Gasteiger partial charge >= 0.3 is 6.09 Å². The molecule has 194 valence electrons. The Morgan fingerprint density at radius 2 is 1.74 bits per heavy atom. The molecule has 1 aromatic carbocycles. The number of H-pyrrole nitrogens is 1. The van der Waals surface area contributed by atoms with Crippen LogP contribution in [-0.4, -0.2) is 54.8 Å². The molecule has 1 heterocycles. The number of imidazole rings is 1. The Labute approximate surface area is 206 Å². The van der Waals surface area contributed by atoms with E-state index in [-0.39, 0.29) is 52.5 Å². The Morgan fingerprint density at radius 1 is 1.17 bits per heavy atom. The Hall–Kier alpha value is -2.33. The number of nitrogens with one attached hydrogen (secondary N) is 1. The van der Waals surface area contributed by atoms with Crippen LogP contribution >= 0.6 is 0 Å². The molecule has 10 heteroatoms. The van der Waals surface area contributed by atoms with Gasteiger partial charge in [0, 0.05) is 13.0 Å². The van der Waals surface area contributed by atoms with Gasteiger partial charge < -0.3 is 18.9 Å². The van der Waals surface area contributed by atoms with Crippen LogP contribution in [-0.2, 0) is 26.8 Å². The number of aromatic nitrogens is 2. The topological polar surface area (TPSA) is 84.5 Å². The number of amides is 1. The van der Waals surface area contributed by atoms with Crippen LogP contribution < -0.4 is 0 Å². The molecule has 3 rings (SSSR count). The molecular weight excluding hydrogens is 472 g/mol. The summed E-state index contributed by atoms with van der Waals surface area (Å²) < 4.78 is 42.6. The minimum absolute atomic E-state index is 0.0716. The van der Waals surface area contributed by atoms with Crippen LogP contribution in [0.25, 0.3) is 11.0 Å². The number of nitrogens with zero attached hydrogens (tertiary/aromatic N) is 2. The summed E-state index contributed by atoms with van der Waals surface area (Å²) in [7, 11) is -0.659. The molecule has 0 fully saturated rings. The third-order valence-corrected chi connectivity index (χ3v) is 11.5. The van der Waals surface area contributed by atoms with Crippen molar-refractivity contribution in [1.29, 1.82) is 0 Å². The van der Waals surface area contributed by atoms with E-state index < -0.39 is 43.6 Å². The fourth-order valence-corrected chi connectivity index (χ4v) is 4.89. The van der Waals surface area contributed by atoms with Crippen LogP contribution in [0, 0.1) is 17.6 Å². The van der Waals surface area contributed by atoms with E-state index in [0.29, 0.717) is 0 Å². The molecule has 2 aromatic rings. The first-order chi connectivity index (χ1) is 16.0. The highest BCUT2D eigenvalue weighted by atomic mass is 28.4. The zero-order valence-corrected chi connectivity index (χ0v) is 23.1. The summed E-state index contributed by atoms with van der Waals surface area (Å²) in [5.74, 6) is -1.47. The van der Waals surface area contributed by atoms with Gasteiger partial charge in [0.2, 0.25) is 0 Å². The third-order valence-electron chi connectivity index (χ3n) is 7.04. The normalized spacial score (nSPS) is 15.9. The van der Waals surface area contributed by atoms with Gasteiger partial charge in [0.15, 0.2) is 20.0 Å². The summed E-state index contributed by atoms with van der Waals surface area (Å²) in [4.78, 5) is 32.8. The molecule has 0 saturated carbocycles. The first-order valence-corrected chi connectivity index (χ1v) is 14.8. The summed E-state index contributed by atoms with van der Waals surface area (Å²) >= 11 is 0. The van der Waals surface area contributed by atoms with Crippen LogP contribution in [0.1, 0.15) is 64.5 Å². The van der Waals surface area contributed by atoms with Crippen molar-refractivity contribution < 1.29 is 27.5 Å². The average molecular weight is 510 g/mol. The van der Waals surface area contributed by atoms with Gasteiger partial charge in [0.25, 0.3) is 0 Å². The number of aromatic amines is 1. The van der Waals surface area contributed by atoms with Crippen molar-refractivity contribution in [2.45, 2.75) is 84.2 Å². The highest BCUT2D eigenvalue weighted by molar-refractivity contribution is 6.74. The summed E-state index contributed by atoms with van der Waals surface area (Å²) in [6.45, 7) is 15.9. The monoisotopic (exact) mass is 509 g/mol. The average Bonchev–Trinajstić information content (AvgIpc) is 3.35. The van der Waals surface area contributed by atoms with Crippen molar-refractivity contribution in [3.63, 3.8) is 0 Å². The van der Waals surface area contributed by atoms with Crippen molar-refractivity contribution in [1.82, 2.24) is 14.9 Å². The lowest BCUT2D eigenvalue weighted by atomic mass is 10.1. The molecule has 7 nitrogen and oxygen atoms in total. The molecule has 1 aliphatic carbocycles. The van der Waals surface area contributed by atoms with E-state index >= 15 is 8.78 Å². The maximum Gasteiger partial charge on any atom is 0.410 e. The number of carbonyl (C=O) groups is 2. The lowest BCUT2D eigenvalue weighted by Gasteiger charge is -2.38. The number of hydrogen-bond acceptors (Lipinski definition) is 5. The number of likely N-dealkylation sites (N-methyl/N-ethyl adjacent to an activating group) is 1. The van der Waals surface area contributed by atoms with Crippen molar-refractivity contribution in [3.8, 4) is 0 Å². The number of aldehydes is 1. The van der Waals surface area contributed by atoms with Gasteiger partial charge in [-0.15, -0.1) is 0 Å². The van der Waals surface area contributed by atoms with Crippen molar-refractivity contribution in [2.24, 2.45) is 5.92 Å². The van der Waals surface area contributed by atoms with Gasteiger partial charge in [-0.25, -0.2) is 18.6 Å². The molecule has 1 aliphatic rings. The van der Waals surface area contributed by atoms with Gasteiger partial charge in [-0.3, -0.25) is 4.90 Å². The molecule has 2 atom stereocenters. The fourth-order valence-electron chi connectivity index (χ4n) is 3.88. The molecule has 0 aliphatic heterocycles. The van der Waals surface area contributed by atoms with E-state index in [2.05, 4.69) is 43.8 Å². The molecular formula is C25H37F2N3O4Si. The van der Waals surface area contributed by atoms with Crippen LogP contribution in [0.4, 0.5) is 13.6 Å². The van der Waals surface area contributed by atoms with Gasteiger partial charge in [0.05, 0.1) is 6.61 Å². The number of carbonyl (C=O) groups excluding carboxylic acids is 2. The second kappa shape index (κ2) is 9.27. The molecule has 1 aromatic heterocycles. The molecule has 0 spiro atoms. The van der Waals surface area contributed by atoms with Crippen LogP contribution in [0.3, 0.4) is 0 Å². The highest BCUT2D eigenvalue weighted by Crippen LogP contribution is 2.39. The lowest BCUT2D eigenvalue weighted by Crippen LogP contribution is -2.45. The Balaban J connectivity index is 2.05. The molecule has 1 unspecified atom stereocenters. The Bertz CT molecular complexity index is 1090. The number of hydrogen-bond donors (Lipinski definition) is 1. The first kappa shape index (κ1) is 27.3.